The third kappa shape index (κ3) is 5.57. The Labute approximate surface area is 108 Å². The number of pyridine rings is 1. The molecule has 1 rings (SSSR count). The highest BCUT2D eigenvalue weighted by Crippen LogP contribution is 2.10. The van der Waals surface area contributed by atoms with Crippen molar-refractivity contribution in [3.8, 4) is 0 Å². The van der Waals surface area contributed by atoms with E-state index in [9.17, 15) is 8.42 Å². The number of sulfonamides is 1. The molecule has 0 saturated carbocycles. The Morgan fingerprint density at radius 1 is 1.39 bits per heavy atom. The molecule has 18 heavy (non-hydrogen) atoms. The number of rotatable bonds is 7. The number of nitrogens with one attached hydrogen (secondary N) is 1. The summed E-state index contributed by atoms with van der Waals surface area (Å²) in [5.41, 5.74) is 0.125. The van der Waals surface area contributed by atoms with E-state index in [0.717, 1.165) is 5.69 Å². The van der Waals surface area contributed by atoms with Crippen LogP contribution in [0.3, 0.4) is 0 Å². The van der Waals surface area contributed by atoms with Gasteiger partial charge in [0.05, 0.1) is 5.75 Å². The van der Waals surface area contributed by atoms with E-state index in [-0.39, 0.29) is 12.4 Å². The number of hydrogen-bond acceptors (Lipinski definition) is 4. The van der Waals surface area contributed by atoms with Crippen LogP contribution in [0.15, 0.2) is 24.4 Å². The molecule has 1 aromatic rings. The van der Waals surface area contributed by atoms with E-state index in [2.05, 4.69) is 9.71 Å². The van der Waals surface area contributed by atoms with Crippen LogP contribution in [-0.4, -0.2) is 36.4 Å². The molecule has 1 heterocycles. The van der Waals surface area contributed by atoms with Crippen molar-refractivity contribution >= 4 is 10.0 Å². The summed E-state index contributed by atoms with van der Waals surface area (Å²) in [6.07, 6.45) is 2.41. The molecule has 0 aliphatic heterocycles. The molecule has 0 aromatic carbocycles. The summed E-state index contributed by atoms with van der Waals surface area (Å²) in [7, 11) is -3.36. The lowest BCUT2D eigenvalue weighted by Crippen LogP contribution is -2.45. The summed E-state index contributed by atoms with van der Waals surface area (Å²) in [6.45, 7) is 3.46. The second kappa shape index (κ2) is 6.26. The molecule has 102 valence electrons. The molecule has 0 aliphatic rings. The van der Waals surface area contributed by atoms with Crippen LogP contribution in [0, 0.1) is 0 Å². The van der Waals surface area contributed by atoms with Crippen molar-refractivity contribution in [1.82, 2.24) is 9.71 Å². The Morgan fingerprint density at radius 2 is 2.11 bits per heavy atom. The van der Waals surface area contributed by atoms with Crippen LogP contribution >= 0.6 is 0 Å². The van der Waals surface area contributed by atoms with Crippen LogP contribution < -0.4 is 4.72 Å². The highest BCUT2D eigenvalue weighted by molar-refractivity contribution is 7.89. The van der Waals surface area contributed by atoms with Crippen molar-refractivity contribution < 1.29 is 13.5 Å². The first kappa shape index (κ1) is 15.1. The van der Waals surface area contributed by atoms with E-state index in [1.807, 2.05) is 6.07 Å². The lowest BCUT2D eigenvalue weighted by Gasteiger charge is -2.24. The standard InChI is InChI=1S/C12H20N2O3S/c1-12(2,7-9-15)14-18(16,17)10-6-11-5-3-4-8-13-11/h3-5,8,14-15H,6-7,9-10H2,1-2H3. The van der Waals surface area contributed by atoms with Crippen LogP contribution in [0.1, 0.15) is 26.0 Å². The molecule has 0 saturated heterocycles. The van der Waals surface area contributed by atoms with E-state index in [1.54, 1.807) is 32.2 Å². The average molecular weight is 272 g/mol. The minimum Gasteiger partial charge on any atom is -0.396 e. The van der Waals surface area contributed by atoms with Crippen molar-refractivity contribution in [2.75, 3.05) is 12.4 Å². The average Bonchev–Trinajstić information content (AvgIpc) is 2.26. The summed E-state index contributed by atoms with van der Waals surface area (Å²) < 4.78 is 26.3. The van der Waals surface area contributed by atoms with Gasteiger partial charge in [0.2, 0.25) is 10.0 Å². The van der Waals surface area contributed by atoms with Gasteiger partial charge in [0.25, 0.3) is 0 Å². The van der Waals surface area contributed by atoms with E-state index >= 15 is 0 Å². The van der Waals surface area contributed by atoms with Gasteiger partial charge in [0, 0.05) is 30.5 Å². The summed E-state index contributed by atoms with van der Waals surface area (Å²) >= 11 is 0. The fourth-order valence-electron chi connectivity index (χ4n) is 1.59. The van der Waals surface area contributed by atoms with Crippen LogP contribution in [0.4, 0.5) is 0 Å². The molecule has 0 atom stereocenters. The van der Waals surface area contributed by atoms with Gasteiger partial charge >= 0.3 is 0 Å². The molecule has 6 heteroatoms. The Balaban J connectivity index is 2.55. The zero-order valence-corrected chi connectivity index (χ0v) is 11.6. The van der Waals surface area contributed by atoms with Crippen molar-refractivity contribution in [2.24, 2.45) is 0 Å². The molecule has 0 bridgehead atoms. The Hall–Kier alpha value is -0.980. The molecule has 0 amide bonds. The first-order valence-corrected chi connectivity index (χ1v) is 7.52. The lowest BCUT2D eigenvalue weighted by molar-refractivity contribution is 0.246. The first-order chi connectivity index (χ1) is 8.35. The van der Waals surface area contributed by atoms with Gasteiger partial charge in [0.1, 0.15) is 0 Å². The minimum absolute atomic E-state index is 0.00112. The third-order valence-corrected chi connectivity index (χ3v) is 4.13. The monoisotopic (exact) mass is 272 g/mol. The molecule has 1 aromatic heterocycles. The van der Waals surface area contributed by atoms with Crippen molar-refractivity contribution in [2.45, 2.75) is 32.2 Å². The molecule has 0 spiro atoms. The maximum absolute atomic E-state index is 11.9. The summed E-state index contributed by atoms with van der Waals surface area (Å²) in [4.78, 5) is 4.08. The largest absolute Gasteiger partial charge is 0.396 e. The Kier molecular flexibility index (Phi) is 5.25. The van der Waals surface area contributed by atoms with E-state index in [4.69, 9.17) is 5.11 Å². The maximum atomic E-state index is 11.9. The van der Waals surface area contributed by atoms with Gasteiger partial charge in [-0.25, -0.2) is 13.1 Å². The number of aryl methyl sites for hydroxylation is 1. The zero-order chi connectivity index (χ0) is 13.6. The molecule has 0 fully saturated rings. The number of aliphatic hydroxyl groups is 1. The minimum atomic E-state index is -3.36. The number of nitrogens with zero attached hydrogens (tertiary/aromatic N) is 1. The van der Waals surface area contributed by atoms with E-state index in [0.29, 0.717) is 12.8 Å². The zero-order valence-electron chi connectivity index (χ0n) is 10.8. The predicted molar refractivity (Wildman–Crippen MR) is 70.6 cm³/mol. The van der Waals surface area contributed by atoms with Gasteiger partial charge in [-0.1, -0.05) is 6.07 Å². The SMILES string of the molecule is CC(C)(CCO)NS(=O)(=O)CCc1ccccn1. The molecular formula is C12H20N2O3S. The molecule has 5 nitrogen and oxygen atoms in total. The highest BCUT2D eigenvalue weighted by Gasteiger charge is 2.24. The van der Waals surface area contributed by atoms with Crippen LogP contribution in [-0.2, 0) is 16.4 Å². The van der Waals surface area contributed by atoms with Gasteiger partial charge in [-0.05, 0) is 32.4 Å². The summed E-state index contributed by atoms with van der Waals surface area (Å²) in [5.74, 6) is -0.00112. The second-order valence-electron chi connectivity index (χ2n) is 4.85. The number of aliphatic hydroxyl groups excluding tert-OH is 1. The van der Waals surface area contributed by atoms with Gasteiger partial charge in [0.15, 0.2) is 0 Å². The lowest BCUT2D eigenvalue weighted by atomic mass is 10.0. The normalized spacial score (nSPS) is 12.6. The maximum Gasteiger partial charge on any atom is 0.212 e. The molecule has 2 N–H and O–H groups in total. The smallest absolute Gasteiger partial charge is 0.212 e. The van der Waals surface area contributed by atoms with Gasteiger partial charge in [-0.3, -0.25) is 4.98 Å². The Morgan fingerprint density at radius 3 is 2.67 bits per heavy atom. The molecule has 0 aliphatic carbocycles. The van der Waals surface area contributed by atoms with E-state index in [1.165, 1.54) is 0 Å². The van der Waals surface area contributed by atoms with Crippen molar-refractivity contribution in [1.29, 1.82) is 0 Å². The van der Waals surface area contributed by atoms with Gasteiger partial charge in [-0.2, -0.15) is 0 Å². The van der Waals surface area contributed by atoms with E-state index < -0.39 is 15.6 Å². The highest BCUT2D eigenvalue weighted by atomic mass is 32.2. The second-order valence-corrected chi connectivity index (χ2v) is 6.69. The van der Waals surface area contributed by atoms with Crippen molar-refractivity contribution in [3.63, 3.8) is 0 Å². The van der Waals surface area contributed by atoms with Crippen LogP contribution in [0.5, 0.6) is 0 Å². The molecule has 0 unspecified atom stereocenters. The fraction of sp³-hybridized carbons (Fsp3) is 0.583. The predicted octanol–water partition coefficient (Wildman–Crippen LogP) is 0.704. The van der Waals surface area contributed by atoms with Gasteiger partial charge < -0.3 is 5.11 Å². The van der Waals surface area contributed by atoms with Gasteiger partial charge in [-0.15, -0.1) is 0 Å². The van der Waals surface area contributed by atoms with Crippen LogP contribution in [0.25, 0.3) is 0 Å². The molecular weight excluding hydrogens is 252 g/mol. The van der Waals surface area contributed by atoms with Crippen molar-refractivity contribution in [3.05, 3.63) is 30.1 Å². The third-order valence-electron chi connectivity index (χ3n) is 2.52. The molecule has 0 radical (unpaired) electrons. The fourth-order valence-corrected chi connectivity index (χ4v) is 3.11. The number of aromatic nitrogens is 1. The topological polar surface area (TPSA) is 79.3 Å². The quantitative estimate of drug-likeness (QED) is 0.766. The van der Waals surface area contributed by atoms with Crippen LogP contribution in [0.2, 0.25) is 0 Å². The number of hydrogen-bond donors (Lipinski definition) is 2. The first-order valence-electron chi connectivity index (χ1n) is 5.87. The summed E-state index contributed by atoms with van der Waals surface area (Å²) in [5, 5.41) is 8.86. The Bertz CT molecular complexity index is 457. The summed E-state index contributed by atoms with van der Waals surface area (Å²) in [6, 6.07) is 5.42.